The maximum Gasteiger partial charge on any atom is 0.232 e. The van der Waals surface area contributed by atoms with Gasteiger partial charge in [-0.15, -0.1) is 0 Å². The Hall–Kier alpha value is -3.04. The number of aryl methyl sites for hydroxylation is 1. The number of aromatic nitrogens is 3. The van der Waals surface area contributed by atoms with E-state index in [4.69, 9.17) is 5.73 Å². The van der Waals surface area contributed by atoms with Crippen molar-refractivity contribution < 1.29 is 8.42 Å². The topological polar surface area (TPSA) is 114 Å². The van der Waals surface area contributed by atoms with Crippen molar-refractivity contribution in [2.24, 2.45) is 0 Å². The highest BCUT2D eigenvalue weighted by atomic mass is 32.2. The van der Waals surface area contributed by atoms with Crippen LogP contribution < -0.4 is 11.1 Å². The van der Waals surface area contributed by atoms with Crippen molar-refractivity contribution in [2.75, 3.05) is 24.4 Å². The fourth-order valence-corrected chi connectivity index (χ4v) is 3.87. The van der Waals surface area contributed by atoms with Crippen molar-refractivity contribution in [3.63, 3.8) is 0 Å². The first kappa shape index (κ1) is 22.6. The summed E-state index contributed by atoms with van der Waals surface area (Å²) >= 11 is 0. The highest BCUT2D eigenvalue weighted by Gasteiger charge is 2.16. The Kier molecular flexibility index (Phi) is 6.87. The van der Waals surface area contributed by atoms with Gasteiger partial charge in [0, 0.05) is 18.0 Å². The van der Waals surface area contributed by atoms with Crippen LogP contribution in [0.4, 0.5) is 17.6 Å². The molecule has 0 bridgehead atoms. The smallest absolute Gasteiger partial charge is 0.232 e. The molecule has 0 radical (unpaired) electrons. The van der Waals surface area contributed by atoms with E-state index < -0.39 is 9.84 Å². The Morgan fingerprint density at radius 1 is 1.06 bits per heavy atom. The van der Waals surface area contributed by atoms with Crippen molar-refractivity contribution >= 4 is 27.4 Å². The molecule has 8 nitrogen and oxygen atoms in total. The molecule has 0 fully saturated rings. The third kappa shape index (κ3) is 5.77. The summed E-state index contributed by atoms with van der Waals surface area (Å²) in [5.41, 5.74) is 9.02. The zero-order valence-corrected chi connectivity index (χ0v) is 19.0. The molecule has 0 spiro atoms. The average Bonchev–Trinajstić information content (AvgIpc) is 2.72. The molecule has 0 aliphatic rings. The van der Waals surface area contributed by atoms with E-state index in [0.717, 1.165) is 23.2 Å². The van der Waals surface area contributed by atoms with Crippen LogP contribution in [0, 0.1) is 0 Å². The van der Waals surface area contributed by atoms with Gasteiger partial charge in [0.15, 0.2) is 9.84 Å². The fourth-order valence-electron chi connectivity index (χ4n) is 3.24. The van der Waals surface area contributed by atoms with Crippen LogP contribution in [-0.2, 0) is 22.8 Å². The second-order valence-corrected chi connectivity index (χ2v) is 9.52. The molecule has 3 N–H and O–H groups in total. The number of hydrogen-bond acceptors (Lipinski definition) is 8. The van der Waals surface area contributed by atoms with E-state index in [9.17, 15) is 8.42 Å². The predicted octanol–water partition coefficient (Wildman–Crippen LogP) is 3.36. The summed E-state index contributed by atoms with van der Waals surface area (Å²) in [5.74, 6) is 1.10. The lowest BCUT2D eigenvalue weighted by molar-refractivity contribution is 0.247. The Morgan fingerprint density at radius 2 is 1.74 bits per heavy atom. The van der Waals surface area contributed by atoms with Crippen LogP contribution in [0.25, 0.3) is 0 Å². The van der Waals surface area contributed by atoms with E-state index in [1.165, 1.54) is 6.26 Å². The molecule has 1 unspecified atom stereocenters. The summed E-state index contributed by atoms with van der Waals surface area (Å²) in [5, 5.41) is 3.24. The normalized spacial score (nSPS) is 12.7. The van der Waals surface area contributed by atoms with E-state index in [1.54, 1.807) is 12.1 Å². The summed E-state index contributed by atoms with van der Waals surface area (Å²) < 4.78 is 23.3. The second-order valence-electron chi connectivity index (χ2n) is 7.50. The number of rotatable bonds is 8. The molecular formula is C22H28N6O2S. The SMILES string of the molecule is CCc1ccccc1Nc1nc(N)nc(CN(C)C(C)c2ccc(S(C)(=O)=O)cc2)n1. The summed E-state index contributed by atoms with van der Waals surface area (Å²) in [6.45, 7) is 4.58. The molecule has 1 aromatic heterocycles. The molecule has 0 aliphatic carbocycles. The van der Waals surface area contributed by atoms with Crippen LogP contribution in [0.3, 0.4) is 0 Å². The van der Waals surface area contributed by atoms with E-state index in [0.29, 0.717) is 23.2 Å². The van der Waals surface area contributed by atoms with Gasteiger partial charge in [0.1, 0.15) is 5.82 Å². The van der Waals surface area contributed by atoms with Gasteiger partial charge in [0.25, 0.3) is 0 Å². The minimum atomic E-state index is -3.22. The van der Waals surface area contributed by atoms with Gasteiger partial charge >= 0.3 is 0 Å². The minimum absolute atomic E-state index is 0.0174. The maximum atomic E-state index is 11.7. The molecule has 0 amide bonds. The maximum absolute atomic E-state index is 11.7. The molecule has 1 atom stereocenters. The number of sulfone groups is 1. The number of nitrogens with zero attached hydrogens (tertiary/aromatic N) is 4. The number of anilines is 3. The molecule has 0 aliphatic heterocycles. The van der Waals surface area contributed by atoms with Gasteiger partial charge in [-0.2, -0.15) is 15.0 Å². The Balaban J connectivity index is 1.76. The lowest BCUT2D eigenvalue weighted by Gasteiger charge is -2.24. The summed E-state index contributed by atoms with van der Waals surface area (Å²) in [6, 6.07) is 14.9. The molecule has 0 saturated heterocycles. The first-order chi connectivity index (χ1) is 14.7. The van der Waals surface area contributed by atoms with Crippen molar-refractivity contribution in [2.45, 2.75) is 37.8 Å². The van der Waals surface area contributed by atoms with Crippen molar-refractivity contribution in [1.29, 1.82) is 0 Å². The van der Waals surface area contributed by atoms with Gasteiger partial charge in [-0.1, -0.05) is 37.3 Å². The first-order valence-electron chi connectivity index (χ1n) is 10.0. The van der Waals surface area contributed by atoms with Gasteiger partial charge < -0.3 is 11.1 Å². The highest BCUT2D eigenvalue weighted by Crippen LogP contribution is 2.23. The predicted molar refractivity (Wildman–Crippen MR) is 123 cm³/mol. The lowest BCUT2D eigenvalue weighted by Crippen LogP contribution is -2.24. The Morgan fingerprint density at radius 3 is 2.39 bits per heavy atom. The molecule has 31 heavy (non-hydrogen) atoms. The van der Waals surface area contributed by atoms with Crippen molar-refractivity contribution in [3.05, 3.63) is 65.5 Å². The monoisotopic (exact) mass is 440 g/mol. The zero-order chi connectivity index (χ0) is 22.6. The molecule has 9 heteroatoms. The third-order valence-corrected chi connectivity index (χ3v) is 6.31. The van der Waals surface area contributed by atoms with Gasteiger partial charge in [-0.05, 0) is 49.7 Å². The molecular weight excluding hydrogens is 412 g/mol. The number of nitrogen functional groups attached to an aromatic ring is 1. The summed E-state index contributed by atoms with van der Waals surface area (Å²) in [6.07, 6.45) is 2.09. The molecule has 1 heterocycles. The Bertz CT molecular complexity index is 1150. The number of benzene rings is 2. The van der Waals surface area contributed by atoms with Crippen molar-refractivity contribution in [1.82, 2.24) is 19.9 Å². The largest absolute Gasteiger partial charge is 0.368 e. The van der Waals surface area contributed by atoms with Gasteiger partial charge in [0.05, 0.1) is 11.4 Å². The molecule has 2 aromatic carbocycles. The van der Waals surface area contributed by atoms with Gasteiger partial charge in [0.2, 0.25) is 11.9 Å². The Labute approximate surface area is 183 Å². The number of para-hydroxylation sites is 1. The van der Waals surface area contributed by atoms with Crippen LogP contribution in [0.5, 0.6) is 0 Å². The third-order valence-electron chi connectivity index (χ3n) is 5.19. The van der Waals surface area contributed by atoms with Crippen LogP contribution in [0.1, 0.15) is 36.8 Å². The molecule has 3 aromatic rings. The van der Waals surface area contributed by atoms with Gasteiger partial charge in [-0.3, -0.25) is 4.90 Å². The molecule has 3 rings (SSSR count). The quantitative estimate of drug-likeness (QED) is 0.548. The van der Waals surface area contributed by atoms with E-state index in [1.807, 2.05) is 44.3 Å². The molecule has 164 valence electrons. The van der Waals surface area contributed by atoms with Crippen molar-refractivity contribution in [3.8, 4) is 0 Å². The lowest BCUT2D eigenvalue weighted by atomic mass is 10.1. The fraction of sp³-hybridized carbons (Fsp3) is 0.318. The number of hydrogen-bond donors (Lipinski definition) is 2. The average molecular weight is 441 g/mol. The zero-order valence-electron chi connectivity index (χ0n) is 18.2. The van der Waals surface area contributed by atoms with E-state index >= 15 is 0 Å². The second kappa shape index (κ2) is 9.40. The van der Waals surface area contributed by atoms with Crippen LogP contribution >= 0.6 is 0 Å². The van der Waals surface area contributed by atoms with Crippen LogP contribution in [0.2, 0.25) is 0 Å². The minimum Gasteiger partial charge on any atom is -0.368 e. The standard InChI is InChI=1S/C22H28N6O2S/c1-5-16-8-6-7-9-19(16)24-22-26-20(25-21(23)27-22)14-28(3)15(2)17-10-12-18(13-11-17)31(4,29)30/h6-13,15H,5,14H2,1-4H3,(H3,23,24,25,26,27). The highest BCUT2D eigenvalue weighted by molar-refractivity contribution is 7.90. The summed E-state index contributed by atoms with van der Waals surface area (Å²) in [4.78, 5) is 15.4. The van der Waals surface area contributed by atoms with Crippen LogP contribution in [-0.4, -0.2) is 41.6 Å². The number of nitrogens with one attached hydrogen (secondary N) is 1. The van der Waals surface area contributed by atoms with Crippen LogP contribution in [0.15, 0.2) is 53.4 Å². The number of nitrogens with two attached hydrogens (primary N) is 1. The van der Waals surface area contributed by atoms with E-state index in [2.05, 4.69) is 38.2 Å². The first-order valence-corrected chi connectivity index (χ1v) is 11.9. The molecule has 0 saturated carbocycles. The summed E-state index contributed by atoms with van der Waals surface area (Å²) in [7, 11) is -1.26. The van der Waals surface area contributed by atoms with E-state index in [-0.39, 0.29) is 12.0 Å². The van der Waals surface area contributed by atoms with Gasteiger partial charge in [-0.25, -0.2) is 8.42 Å².